The van der Waals surface area contributed by atoms with E-state index in [-0.39, 0.29) is 17.7 Å². The van der Waals surface area contributed by atoms with E-state index in [2.05, 4.69) is 14.7 Å². The Hall–Kier alpha value is -2.94. The molecule has 3 rings (SSSR count). The molecule has 9 heteroatoms. The number of piperidine rings is 1. The Bertz CT molecular complexity index is 944. The molecule has 9 nitrogen and oxygen atoms in total. The van der Waals surface area contributed by atoms with Gasteiger partial charge in [0.25, 0.3) is 0 Å². The summed E-state index contributed by atoms with van der Waals surface area (Å²) in [7, 11) is 1.30. The number of likely N-dealkylation sites (tertiary alicyclic amines) is 1. The fraction of sp³-hybridized carbons (Fsp3) is 0.583. The van der Waals surface area contributed by atoms with E-state index in [4.69, 9.17) is 9.15 Å². The number of rotatable bonds is 7. The van der Waals surface area contributed by atoms with E-state index in [0.717, 1.165) is 25.7 Å². The number of aromatic nitrogens is 2. The van der Waals surface area contributed by atoms with Crippen molar-refractivity contribution in [3.05, 3.63) is 36.0 Å². The first-order valence-electron chi connectivity index (χ1n) is 11.3. The smallest absolute Gasteiger partial charge is 0.410 e. The number of ether oxygens (including phenoxy) is 2. The van der Waals surface area contributed by atoms with Gasteiger partial charge in [0.1, 0.15) is 23.1 Å². The van der Waals surface area contributed by atoms with Gasteiger partial charge < -0.3 is 23.9 Å². The molecule has 0 spiro atoms. The third kappa shape index (κ3) is 7.02. The highest BCUT2D eigenvalue weighted by molar-refractivity contribution is 5.87. The quantitative estimate of drug-likeness (QED) is 0.607. The summed E-state index contributed by atoms with van der Waals surface area (Å²) in [6.07, 6.45) is 4.62. The molecule has 1 aliphatic rings. The maximum Gasteiger partial charge on any atom is 0.410 e. The molecule has 33 heavy (non-hydrogen) atoms. The largest absolute Gasteiger partial charge is 0.464 e. The Morgan fingerprint density at radius 2 is 2.00 bits per heavy atom. The van der Waals surface area contributed by atoms with E-state index in [0.29, 0.717) is 36.9 Å². The lowest BCUT2D eigenvalue weighted by atomic mass is 9.91. The van der Waals surface area contributed by atoms with Gasteiger partial charge in [-0.1, -0.05) is 18.9 Å². The van der Waals surface area contributed by atoms with Crippen LogP contribution in [0.25, 0.3) is 11.5 Å². The predicted molar refractivity (Wildman–Crippen MR) is 120 cm³/mol. The van der Waals surface area contributed by atoms with Crippen LogP contribution in [-0.2, 0) is 9.47 Å². The number of hydrogen-bond acceptors (Lipinski definition) is 8. The summed E-state index contributed by atoms with van der Waals surface area (Å²) in [4.78, 5) is 34.0. The number of aliphatic hydroxyl groups excluding tert-OH is 1. The van der Waals surface area contributed by atoms with Gasteiger partial charge in [0.15, 0.2) is 5.76 Å². The highest BCUT2D eigenvalue weighted by Gasteiger charge is 2.27. The molecular weight excluding hydrogens is 426 g/mol. The minimum absolute atomic E-state index is 0.172. The van der Waals surface area contributed by atoms with E-state index >= 15 is 0 Å². The molecule has 180 valence electrons. The fourth-order valence-electron chi connectivity index (χ4n) is 3.80. The van der Waals surface area contributed by atoms with Gasteiger partial charge >= 0.3 is 12.1 Å². The highest BCUT2D eigenvalue weighted by atomic mass is 16.6. The molecule has 0 aromatic carbocycles. The van der Waals surface area contributed by atoms with Crippen molar-refractivity contribution in [2.24, 2.45) is 5.92 Å². The topological polar surface area (TPSA) is 115 Å². The third-order valence-electron chi connectivity index (χ3n) is 5.56. The molecule has 1 amide bonds. The molecule has 0 bridgehead atoms. The number of carbonyl (C=O) groups excluding carboxylic acids is 2. The zero-order valence-electron chi connectivity index (χ0n) is 19.7. The van der Waals surface area contributed by atoms with Crippen molar-refractivity contribution < 1.29 is 28.6 Å². The van der Waals surface area contributed by atoms with Crippen LogP contribution in [0.2, 0.25) is 0 Å². The number of aliphatic hydroxyl groups is 1. The second-order valence-corrected chi connectivity index (χ2v) is 9.32. The van der Waals surface area contributed by atoms with Crippen LogP contribution in [0.3, 0.4) is 0 Å². The standard InChI is InChI=1S/C24H33N3O6/c1-24(2,3)33-23(30)27-13-11-16(12-14-27)7-5-10-19(28)21-25-15-20(32-21)17-8-6-9-18(26-17)22(29)31-4/h6,8-9,15-16,19,28H,5,7,10-14H2,1-4H3. The molecule has 1 fully saturated rings. The van der Waals surface area contributed by atoms with Crippen LogP contribution in [0.1, 0.15) is 75.4 Å². The highest BCUT2D eigenvalue weighted by Crippen LogP contribution is 2.28. The lowest BCUT2D eigenvalue weighted by Gasteiger charge is -2.33. The van der Waals surface area contributed by atoms with Crippen LogP contribution < -0.4 is 0 Å². The van der Waals surface area contributed by atoms with Gasteiger partial charge in [0.05, 0.1) is 13.3 Å². The minimum atomic E-state index is -0.815. The van der Waals surface area contributed by atoms with Crippen LogP contribution in [0, 0.1) is 5.92 Å². The molecule has 1 atom stereocenters. The van der Waals surface area contributed by atoms with Crippen LogP contribution >= 0.6 is 0 Å². The molecule has 1 saturated heterocycles. The summed E-state index contributed by atoms with van der Waals surface area (Å²) < 4.78 is 15.8. The average Bonchev–Trinajstić information content (AvgIpc) is 3.28. The van der Waals surface area contributed by atoms with Crippen molar-refractivity contribution in [2.75, 3.05) is 20.2 Å². The third-order valence-corrected chi connectivity index (χ3v) is 5.56. The summed E-state index contributed by atoms with van der Waals surface area (Å²) in [5, 5.41) is 10.5. The molecule has 3 heterocycles. The number of hydrogen-bond donors (Lipinski definition) is 1. The maximum atomic E-state index is 12.2. The number of pyridine rings is 1. The second-order valence-electron chi connectivity index (χ2n) is 9.32. The molecule has 0 radical (unpaired) electrons. The fourth-order valence-corrected chi connectivity index (χ4v) is 3.80. The van der Waals surface area contributed by atoms with E-state index in [1.165, 1.54) is 13.3 Å². The molecular formula is C24H33N3O6. The van der Waals surface area contributed by atoms with Crippen LogP contribution in [0.4, 0.5) is 4.79 Å². The van der Waals surface area contributed by atoms with Gasteiger partial charge in [-0.3, -0.25) is 0 Å². The van der Waals surface area contributed by atoms with Crippen molar-refractivity contribution in [3.8, 4) is 11.5 Å². The van der Waals surface area contributed by atoms with E-state index in [1.807, 2.05) is 20.8 Å². The van der Waals surface area contributed by atoms with Crippen molar-refractivity contribution in [1.82, 2.24) is 14.9 Å². The minimum Gasteiger partial charge on any atom is -0.464 e. The van der Waals surface area contributed by atoms with Gasteiger partial charge in [-0.25, -0.2) is 19.6 Å². The molecule has 2 aromatic heterocycles. The number of methoxy groups -OCH3 is 1. The first-order chi connectivity index (χ1) is 15.7. The van der Waals surface area contributed by atoms with E-state index in [9.17, 15) is 14.7 Å². The summed E-state index contributed by atoms with van der Waals surface area (Å²) >= 11 is 0. The average molecular weight is 460 g/mol. The van der Waals surface area contributed by atoms with Crippen molar-refractivity contribution in [2.45, 2.75) is 64.6 Å². The first-order valence-corrected chi connectivity index (χ1v) is 11.3. The summed E-state index contributed by atoms with van der Waals surface area (Å²) in [5.41, 5.74) is 0.135. The molecule has 1 N–H and O–H groups in total. The van der Waals surface area contributed by atoms with Gasteiger partial charge in [-0.15, -0.1) is 0 Å². The lowest BCUT2D eigenvalue weighted by Crippen LogP contribution is -2.41. The van der Waals surface area contributed by atoms with E-state index < -0.39 is 17.7 Å². The normalized spacial score (nSPS) is 15.8. The summed E-state index contributed by atoms with van der Waals surface area (Å²) in [6, 6.07) is 4.94. The number of carbonyl (C=O) groups is 2. The van der Waals surface area contributed by atoms with Gasteiger partial charge in [-0.2, -0.15) is 0 Å². The van der Waals surface area contributed by atoms with E-state index in [1.54, 1.807) is 23.1 Å². The van der Waals surface area contributed by atoms with Crippen molar-refractivity contribution in [1.29, 1.82) is 0 Å². The Labute approximate surface area is 194 Å². The molecule has 2 aromatic rings. The zero-order valence-corrected chi connectivity index (χ0v) is 19.7. The number of nitrogens with zero attached hydrogens (tertiary/aromatic N) is 3. The summed E-state index contributed by atoms with van der Waals surface area (Å²) in [6.45, 7) is 7.01. The van der Waals surface area contributed by atoms with Crippen LogP contribution in [0.5, 0.6) is 0 Å². The Balaban J connectivity index is 1.44. The first kappa shape index (κ1) is 24.7. The van der Waals surface area contributed by atoms with Gasteiger partial charge in [-0.05, 0) is 58.1 Å². The van der Waals surface area contributed by atoms with Gasteiger partial charge in [0, 0.05) is 13.1 Å². The van der Waals surface area contributed by atoms with Crippen LogP contribution in [0.15, 0.2) is 28.8 Å². The van der Waals surface area contributed by atoms with Crippen LogP contribution in [-0.4, -0.2) is 57.8 Å². The molecule has 1 aliphatic heterocycles. The molecule has 0 saturated carbocycles. The van der Waals surface area contributed by atoms with Crippen molar-refractivity contribution in [3.63, 3.8) is 0 Å². The number of amides is 1. The zero-order chi connectivity index (χ0) is 24.0. The molecule has 1 unspecified atom stereocenters. The Morgan fingerprint density at radius 3 is 2.67 bits per heavy atom. The lowest BCUT2D eigenvalue weighted by molar-refractivity contribution is 0.0179. The Kier molecular flexibility index (Phi) is 8.07. The number of esters is 1. The van der Waals surface area contributed by atoms with Gasteiger partial charge in [0.2, 0.25) is 5.89 Å². The monoisotopic (exact) mass is 459 g/mol. The second kappa shape index (κ2) is 10.8. The SMILES string of the molecule is COC(=O)c1cccc(-c2cnc(C(O)CCCC3CCN(C(=O)OC(C)(C)C)CC3)o2)n1. The van der Waals surface area contributed by atoms with Crippen molar-refractivity contribution >= 4 is 12.1 Å². The number of oxazole rings is 1. The summed E-state index contributed by atoms with van der Waals surface area (Å²) in [5.74, 6) is 0.592. The predicted octanol–water partition coefficient (Wildman–Crippen LogP) is 4.37. The molecule has 0 aliphatic carbocycles. The maximum absolute atomic E-state index is 12.2. The Morgan fingerprint density at radius 1 is 1.27 bits per heavy atom.